The van der Waals surface area contributed by atoms with Gasteiger partial charge in [-0.25, -0.2) is 0 Å². The molecule has 1 fully saturated rings. The Kier molecular flexibility index (Phi) is 5.60. The van der Waals surface area contributed by atoms with Crippen LogP contribution >= 0.6 is 0 Å². The summed E-state index contributed by atoms with van der Waals surface area (Å²) in [5, 5.41) is 11.2. The summed E-state index contributed by atoms with van der Waals surface area (Å²) in [4.78, 5) is 25.2. The minimum Gasteiger partial charge on any atom is -0.549 e. The maximum Gasteiger partial charge on any atom is 1.00 e. The second-order valence-corrected chi connectivity index (χ2v) is 5.75. The van der Waals surface area contributed by atoms with Crippen molar-refractivity contribution in [3.8, 4) is 0 Å². The van der Waals surface area contributed by atoms with Crippen molar-refractivity contribution < 1.29 is 66.1 Å². The predicted molar refractivity (Wildman–Crippen MR) is 68.9 cm³/mol. The standard InChI is InChI=1S/C15H19NO3.K/c1-14(2,11-7-5-4-6-8-11)16-10-9-15(3,12(16)17)13(18)19;/h4-8H,9-10H2,1-3H3,(H,18,19);/q;+1/p-1. The molecule has 102 valence electrons. The summed E-state index contributed by atoms with van der Waals surface area (Å²) in [6, 6.07) is 9.63. The number of hydrogen-bond donors (Lipinski definition) is 0. The van der Waals surface area contributed by atoms with E-state index in [0.717, 1.165) is 5.56 Å². The van der Waals surface area contributed by atoms with E-state index in [4.69, 9.17) is 0 Å². The largest absolute Gasteiger partial charge is 1.00 e. The Hall–Kier alpha value is -0.204. The van der Waals surface area contributed by atoms with Crippen LogP contribution in [-0.2, 0) is 15.1 Å². The van der Waals surface area contributed by atoms with Crippen molar-refractivity contribution in [3.05, 3.63) is 35.9 Å². The Morgan fingerprint density at radius 2 is 1.85 bits per heavy atom. The number of carboxylic acids is 1. The van der Waals surface area contributed by atoms with E-state index in [9.17, 15) is 14.7 Å². The molecule has 4 nitrogen and oxygen atoms in total. The van der Waals surface area contributed by atoms with E-state index in [-0.39, 0.29) is 57.3 Å². The second-order valence-electron chi connectivity index (χ2n) is 5.75. The van der Waals surface area contributed by atoms with E-state index in [2.05, 4.69) is 0 Å². The Bertz CT molecular complexity index is 515. The van der Waals surface area contributed by atoms with Crippen molar-refractivity contribution in [2.24, 2.45) is 5.41 Å². The molecule has 0 aliphatic carbocycles. The molecule has 1 aromatic rings. The number of likely N-dealkylation sites (tertiary alicyclic amines) is 1. The second kappa shape index (κ2) is 6.28. The van der Waals surface area contributed by atoms with Crippen molar-refractivity contribution in [3.63, 3.8) is 0 Å². The van der Waals surface area contributed by atoms with Crippen molar-refractivity contribution in [1.82, 2.24) is 4.90 Å². The molecule has 0 spiro atoms. The summed E-state index contributed by atoms with van der Waals surface area (Å²) in [5.74, 6) is -1.65. The van der Waals surface area contributed by atoms with Crippen LogP contribution in [0.25, 0.3) is 0 Å². The summed E-state index contributed by atoms with van der Waals surface area (Å²) in [6.07, 6.45) is 0.296. The normalized spacial score (nSPS) is 22.6. The third kappa shape index (κ3) is 2.87. The van der Waals surface area contributed by atoms with Gasteiger partial charge in [0.1, 0.15) is 0 Å². The molecule has 2 rings (SSSR count). The monoisotopic (exact) mass is 299 g/mol. The Morgan fingerprint density at radius 1 is 1.30 bits per heavy atom. The molecule has 1 aliphatic rings. The van der Waals surface area contributed by atoms with Crippen molar-refractivity contribution in [2.45, 2.75) is 32.7 Å². The Labute approximate surface area is 162 Å². The summed E-state index contributed by atoms with van der Waals surface area (Å²) in [6.45, 7) is 5.75. The molecule has 1 saturated heterocycles. The van der Waals surface area contributed by atoms with Crippen molar-refractivity contribution >= 4 is 11.9 Å². The number of carbonyl (C=O) groups is 2. The fourth-order valence-electron chi connectivity index (χ4n) is 2.57. The van der Waals surface area contributed by atoms with Crippen LogP contribution in [-0.4, -0.2) is 23.3 Å². The van der Waals surface area contributed by atoms with Crippen LogP contribution in [0.4, 0.5) is 0 Å². The molecular formula is C15H18KNO3. The average Bonchev–Trinajstić information content (AvgIpc) is 2.69. The summed E-state index contributed by atoms with van der Waals surface area (Å²) in [7, 11) is 0. The van der Waals surface area contributed by atoms with Crippen LogP contribution in [0.5, 0.6) is 0 Å². The molecule has 0 radical (unpaired) electrons. The average molecular weight is 299 g/mol. The molecule has 20 heavy (non-hydrogen) atoms. The van der Waals surface area contributed by atoms with Crippen LogP contribution in [0.1, 0.15) is 32.8 Å². The molecule has 0 saturated carbocycles. The van der Waals surface area contributed by atoms with E-state index in [1.54, 1.807) is 4.90 Å². The van der Waals surface area contributed by atoms with E-state index >= 15 is 0 Å². The third-order valence-electron chi connectivity index (χ3n) is 4.16. The minimum atomic E-state index is -1.40. The van der Waals surface area contributed by atoms with Gasteiger partial charge in [0.15, 0.2) is 0 Å². The first-order chi connectivity index (χ1) is 8.80. The smallest absolute Gasteiger partial charge is 0.549 e. The van der Waals surface area contributed by atoms with Crippen molar-refractivity contribution in [2.75, 3.05) is 6.54 Å². The molecular weight excluding hydrogens is 281 g/mol. The molecule has 0 aromatic heterocycles. The van der Waals surface area contributed by atoms with Gasteiger partial charge in [0.2, 0.25) is 5.91 Å². The minimum absolute atomic E-state index is 0. The quantitative estimate of drug-likeness (QED) is 0.475. The van der Waals surface area contributed by atoms with Crippen molar-refractivity contribution in [1.29, 1.82) is 0 Å². The van der Waals surface area contributed by atoms with E-state index in [0.29, 0.717) is 13.0 Å². The number of hydrogen-bond acceptors (Lipinski definition) is 3. The topological polar surface area (TPSA) is 60.4 Å². The number of benzene rings is 1. The van der Waals surface area contributed by atoms with Gasteiger partial charge in [-0.05, 0) is 32.8 Å². The SMILES string of the molecule is CC1(C(=O)[O-])CCN(C(C)(C)c2ccccc2)C1=O.[K+]. The van der Waals surface area contributed by atoms with Gasteiger partial charge >= 0.3 is 51.4 Å². The molecule has 0 N–H and O–H groups in total. The number of carboxylic acid groups (broad SMARTS) is 1. The first-order valence-electron chi connectivity index (χ1n) is 6.39. The fourth-order valence-corrected chi connectivity index (χ4v) is 2.57. The third-order valence-corrected chi connectivity index (χ3v) is 4.16. The molecule has 1 unspecified atom stereocenters. The van der Waals surface area contributed by atoms with Gasteiger partial charge in [0.05, 0.1) is 16.9 Å². The van der Waals surface area contributed by atoms with Crippen LogP contribution in [0, 0.1) is 5.41 Å². The fraction of sp³-hybridized carbons (Fsp3) is 0.467. The molecule has 1 aliphatic heterocycles. The number of aliphatic carboxylic acids is 1. The Balaban J connectivity index is 0.00000200. The first kappa shape index (κ1) is 17.8. The number of amides is 1. The number of nitrogens with zero attached hydrogens (tertiary/aromatic N) is 1. The molecule has 1 heterocycles. The van der Waals surface area contributed by atoms with Gasteiger partial charge in [0.25, 0.3) is 0 Å². The Morgan fingerprint density at radius 3 is 2.30 bits per heavy atom. The zero-order chi connectivity index (χ0) is 14.3. The zero-order valence-electron chi connectivity index (χ0n) is 12.5. The van der Waals surface area contributed by atoms with E-state index < -0.39 is 16.9 Å². The van der Waals surface area contributed by atoms with E-state index in [1.165, 1.54) is 6.92 Å². The molecule has 0 bridgehead atoms. The zero-order valence-corrected chi connectivity index (χ0v) is 15.6. The summed E-state index contributed by atoms with van der Waals surface area (Å²) < 4.78 is 0. The maximum atomic E-state index is 12.4. The molecule has 1 amide bonds. The number of rotatable bonds is 3. The molecule has 1 atom stereocenters. The predicted octanol–water partition coefficient (Wildman–Crippen LogP) is -2.09. The van der Waals surface area contributed by atoms with Crippen LogP contribution in [0.3, 0.4) is 0 Å². The van der Waals surface area contributed by atoms with Gasteiger partial charge in [-0.15, -0.1) is 0 Å². The van der Waals surface area contributed by atoms with Gasteiger partial charge in [-0.3, -0.25) is 4.79 Å². The van der Waals surface area contributed by atoms with Gasteiger partial charge in [0, 0.05) is 6.54 Å². The van der Waals surface area contributed by atoms with Gasteiger partial charge < -0.3 is 14.8 Å². The van der Waals surface area contributed by atoms with Crippen LogP contribution in [0.15, 0.2) is 30.3 Å². The molecule has 1 aromatic carbocycles. The van der Waals surface area contributed by atoms with Crippen LogP contribution in [0.2, 0.25) is 0 Å². The first-order valence-corrected chi connectivity index (χ1v) is 6.39. The molecule has 5 heteroatoms. The van der Waals surface area contributed by atoms with E-state index in [1.807, 2.05) is 44.2 Å². The summed E-state index contributed by atoms with van der Waals surface area (Å²) in [5.41, 5.74) is -0.927. The summed E-state index contributed by atoms with van der Waals surface area (Å²) >= 11 is 0. The van der Waals surface area contributed by atoms with Crippen LogP contribution < -0.4 is 56.5 Å². The van der Waals surface area contributed by atoms with Gasteiger partial charge in [-0.1, -0.05) is 30.3 Å². The number of carbonyl (C=O) groups excluding carboxylic acids is 2. The van der Waals surface area contributed by atoms with Gasteiger partial charge in [-0.2, -0.15) is 0 Å². The maximum absolute atomic E-state index is 12.4.